The third-order valence-electron chi connectivity index (χ3n) is 3.63. The second-order valence-electron chi connectivity index (χ2n) is 5.84. The lowest BCUT2D eigenvalue weighted by molar-refractivity contribution is 0.232. The summed E-state index contributed by atoms with van der Waals surface area (Å²) in [5, 5.41) is 3.58. The van der Waals surface area contributed by atoms with E-state index in [2.05, 4.69) is 51.2 Å². The third kappa shape index (κ3) is 1.72. The Kier molecular flexibility index (Phi) is 2.31. The summed E-state index contributed by atoms with van der Waals surface area (Å²) in [6.07, 6.45) is 4.15. The molecule has 0 radical (unpaired) electrons. The summed E-state index contributed by atoms with van der Waals surface area (Å²) in [6.45, 7) is 9.35. The molecule has 0 fully saturated rings. The van der Waals surface area contributed by atoms with Gasteiger partial charge in [0.2, 0.25) is 0 Å². The van der Waals surface area contributed by atoms with Gasteiger partial charge in [0.1, 0.15) is 6.61 Å². The van der Waals surface area contributed by atoms with E-state index >= 15 is 0 Å². The molecular weight excluding hydrogens is 222 g/mol. The number of anilines is 1. The molecule has 0 saturated carbocycles. The average molecular weight is 241 g/mol. The third-order valence-corrected chi connectivity index (χ3v) is 3.63. The van der Waals surface area contributed by atoms with Crippen molar-refractivity contribution in [3.8, 4) is 0 Å². The normalized spacial score (nSPS) is 19.8. The topological polar surface area (TPSA) is 21.3 Å². The number of benzene rings is 1. The first-order valence-corrected chi connectivity index (χ1v) is 6.40. The minimum atomic E-state index is 0.0196. The Labute approximate surface area is 108 Å². The van der Waals surface area contributed by atoms with Gasteiger partial charge in [-0.25, -0.2) is 0 Å². The molecule has 0 aromatic heterocycles. The zero-order valence-corrected chi connectivity index (χ0v) is 11.4. The molecule has 2 aliphatic rings. The molecule has 0 atom stereocenters. The molecule has 18 heavy (non-hydrogen) atoms. The van der Waals surface area contributed by atoms with E-state index in [1.807, 2.05) is 6.26 Å². The van der Waals surface area contributed by atoms with E-state index in [4.69, 9.17) is 4.74 Å². The number of hydrogen-bond acceptors (Lipinski definition) is 2. The molecule has 2 heteroatoms. The van der Waals surface area contributed by atoms with Crippen LogP contribution in [0.25, 0.3) is 11.1 Å². The summed E-state index contributed by atoms with van der Waals surface area (Å²) in [6, 6.07) is 4.52. The summed E-state index contributed by atoms with van der Waals surface area (Å²) < 4.78 is 5.47. The average Bonchev–Trinajstić information content (AvgIpc) is 2.26. The molecule has 3 rings (SSSR count). The molecule has 0 unspecified atom stereocenters. The van der Waals surface area contributed by atoms with Crippen molar-refractivity contribution in [1.29, 1.82) is 0 Å². The number of ether oxygens (including phenoxy) is 1. The predicted octanol–water partition coefficient (Wildman–Crippen LogP) is 4.19. The van der Waals surface area contributed by atoms with Crippen molar-refractivity contribution < 1.29 is 4.74 Å². The van der Waals surface area contributed by atoms with Gasteiger partial charge in [0, 0.05) is 11.3 Å². The van der Waals surface area contributed by atoms with E-state index in [0.717, 1.165) is 0 Å². The van der Waals surface area contributed by atoms with Gasteiger partial charge >= 0.3 is 0 Å². The highest BCUT2D eigenvalue weighted by Crippen LogP contribution is 2.38. The zero-order chi connectivity index (χ0) is 12.9. The number of rotatable bonds is 0. The molecule has 0 spiro atoms. The molecule has 0 bridgehead atoms. The van der Waals surface area contributed by atoms with Gasteiger partial charge in [-0.05, 0) is 62.1 Å². The van der Waals surface area contributed by atoms with Crippen molar-refractivity contribution in [1.82, 2.24) is 0 Å². The van der Waals surface area contributed by atoms with Crippen molar-refractivity contribution in [2.24, 2.45) is 0 Å². The highest BCUT2D eigenvalue weighted by molar-refractivity contribution is 5.84. The van der Waals surface area contributed by atoms with E-state index in [1.165, 1.54) is 33.5 Å². The minimum Gasteiger partial charge on any atom is -0.496 e. The van der Waals surface area contributed by atoms with E-state index in [0.29, 0.717) is 6.61 Å². The summed E-state index contributed by atoms with van der Waals surface area (Å²) >= 11 is 0. The molecule has 1 N–H and O–H groups in total. The van der Waals surface area contributed by atoms with Gasteiger partial charge in [0.15, 0.2) is 0 Å². The van der Waals surface area contributed by atoms with E-state index < -0.39 is 0 Å². The maximum absolute atomic E-state index is 5.47. The van der Waals surface area contributed by atoms with Crippen LogP contribution in [-0.2, 0) is 11.3 Å². The Morgan fingerprint density at radius 3 is 2.67 bits per heavy atom. The molecule has 0 saturated heterocycles. The van der Waals surface area contributed by atoms with Gasteiger partial charge < -0.3 is 10.1 Å². The second-order valence-corrected chi connectivity index (χ2v) is 5.84. The SMILES string of the molecule is CC1=COCc2cc3c(cc21)C(C)=CC(C)(C)N3. The van der Waals surface area contributed by atoms with Crippen LogP contribution in [0.1, 0.15) is 44.4 Å². The quantitative estimate of drug-likeness (QED) is 0.735. The molecular formula is C16H19NO. The van der Waals surface area contributed by atoms with Gasteiger partial charge in [-0.1, -0.05) is 6.08 Å². The zero-order valence-electron chi connectivity index (χ0n) is 11.4. The molecule has 2 heterocycles. The van der Waals surface area contributed by atoms with Crippen LogP contribution in [0.3, 0.4) is 0 Å². The largest absolute Gasteiger partial charge is 0.496 e. The molecule has 1 aromatic rings. The Bertz CT molecular complexity index is 579. The van der Waals surface area contributed by atoms with Gasteiger partial charge in [-0.3, -0.25) is 0 Å². The summed E-state index contributed by atoms with van der Waals surface area (Å²) in [4.78, 5) is 0. The van der Waals surface area contributed by atoms with Crippen LogP contribution < -0.4 is 5.32 Å². The number of allylic oxidation sites excluding steroid dienone is 2. The minimum absolute atomic E-state index is 0.0196. The molecule has 0 amide bonds. The Morgan fingerprint density at radius 1 is 1.11 bits per heavy atom. The van der Waals surface area contributed by atoms with Crippen molar-refractivity contribution in [3.05, 3.63) is 41.2 Å². The fourth-order valence-corrected chi connectivity index (χ4v) is 2.88. The Balaban J connectivity index is 2.19. The summed E-state index contributed by atoms with van der Waals surface area (Å²) in [5.74, 6) is 0. The van der Waals surface area contributed by atoms with Crippen LogP contribution >= 0.6 is 0 Å². The molecule has 1 aromatic carbocycles. The van der Waals surface area contributed by atoms with Gasteiger partial charge in [-0.2, -0.15) is 0 Å². The van der Waals surface area contributed by atoms with Gasteiger partial charge in [0.05, 0.1) is 11.8 Å². The van der Waals surface area contributed by atoms with Crippen molar-refractivity contribution in [3.63, 3.8) is 0 Å². The van der Waals surface area contributed by atoms with E-state index in [1.54, 1.807) is 0 Å². The Morgan fingerprint density at radius 2 is 1.89 bits per heavy atom. The number of nitrogens with one attached hydrogen (secondary N) is 1. The van der Waals surface area contributed by atoms with E-state index in [-0.39, 0.29) is 5.54 Å². The van der Waals surface area contributed by atoms with Crippen LogP contribution in [-0.4, -0.2) is 5.54 Å². The van der Waals surface area contributed by atoms with Crippen molar-refractivity contribution in [2.45, 2.75) is 39.8 Å². The number of hydrogen-bond donors (Lipinski definition) is 1. The summed E-state index contributed by atoms with van der Waals surface area (Å²) in [7, 11) is 0. The maximum atomic E-state index is 5.47. The standard InChI is InChI=1S/C16H19NO/c1-10-7-16(3,4)17-15-5-12-9-18-8-11(2)13(12)6-14(10)15/h5-8,17H,9H2,1-4H3. The fourth-order valence-electron chi connectivity index (χ4n) is 2.88. The predicted molar refractivity (Wildman–Crippen MR) is 76.2 cm³/mol. The smallest absolute Gasteiger partial charge is 0.113 e. The van der Waals surface area contributed by atoms with Crippen molar-refractivity contribution >= 4 is 16.8 Å². The van der Waals surface area contributed by atoms with Gasteiger partial charge in [0.25, 0.3) is 0 Å². The molecule has 94 valence electrons. The van der Waals surface area contributed by atoms with Crippen molar-refractivity contribution in [2.75, 3.05) is 5.32 Å². The number of fused-ring (bicyclic) bond motifs is 2. The first-order valence-electron chi connectivity index (χ1n) is 6.40. The van der Waals surface area contributed by atoms with Crippen LogP contribution in [0.2, 0.25) is 0 Å². The lowest BCUT2D eigenvalue weighted by Gasteiger charge is -2.33. The van der Waals surface area contributed by atoms with Crippen LogP contribution in [0, 0.1) is 0 Å². The lowest BCUT2D eigenvalue weighted by Crippen LogP contribution is -2.31. The van der Waals surface area contributed by atoms with E-state index in [9.17, 15) is 0 Å². The molecule has 2 nitrogen and oxygen atoms in total. The first-order chi connectivity index (χ1) is 8.46. The highest BCUT2D eigenvalue weighted by Gasteiger charge is 2.24. The Hall–Kier alpha value is -1.70. The van der Waals surface area contributed by atoms with Crippen LogP contribution in [0.5, 0.6) is 0 Å². The monoisotopic (exact) mass is 241 g/mol. The van der Waals surface area contributed by atoms with Crippen LogP contribution in [0.4, 0.5) is 5.69 Å². The highest BCUT2D eigenvalue weighted by atomic mass is 16.5. The lowest BCUT2D eigenvalue weighted by atomic mass is 9.87. The second kappa shape index (κ2) is 3.64. The fraction of sp³-hybridized carbons (Fsp3) is 0.375. The van der Waals surface area contributed by atoms with Crippen LogP contribution in [0.15, 0.2) is 24.5 Å². The summed E-state index contributed by atoms with van der Waals surface area (Å²) in [5.41, 5.74) is 7.68. The van der Waals surface area contributed by atoms with Gasteiger partial charge in [-0.15, -0.1) is 0 Å². The first kappa shape index (κ1) is 11.4. The maximum Gasteiger partial charge on any atom is 0.113 e. The molecule has 0 aliphatic carbocycles. The molecule has 2 aliphatic heterocycles.